The van der Waals surface area contributed by atoms with Gasteiger partial charge in [0.25, 0.3) is 0 Å². The molecule has 1 N–H and O–H groups in total. The molecule has 0 atom stereocenters. The van der Waals surface area contributed by atoms with E-state index in [1.165, 1.54) is 49.4 Å². The number of aryl methyl sites for hydroxylation is 3. The Morgan fingerprint density at radius 1 is 0.821 bits per heavy atom. The van der Waals surface area contributed by atoms with Crippen molar-refractivity contribution in [2.45, 2.75) is 57.9 Å². The summed E-state index contributed by atoms with van der Waals surface area (Å²) in [5.74, 6) is 0. The fourth-order valence-corrected chi connectivity index (χ4v) is 5.32. The first-order valence-corrected chi connectivity index (χ1v) is 10.8. The maximum absolute atomic E-state index is 3.57. The molecular weight excluding hydrogens is 364 g/mol. The van der Waals surface area contributed by atoms with Crippen LogP contribution in [0.4, 0.5) is 0 Å². The van der Waals surface area contributed by atoms with Crippen LogP contribution in [0.5, 0.6) is 0 Å². The molecule has 2 aliphatic rings. The molecule has 3 heteroatoms. The second-order valence-electron chi connectivity index (χ2n) is 8.21. The molecule has 1 aliphatic carbocycles. The van der Waals surface area contributed by atoms with E-state index >= 15 is 0 Å². The second kappa shape index (κ2) is 8.71. The van der Waals surface area contributed by atoms with Gasteiger partial charge in [0.15, 0.2) is 0 Å². The molecule has 2 nitrogen and oxygen atoms in total. The quantitative estimate of drug-likeness (QED) is 0.638. The Labute approximate surface area is 174 Å². The van der Waals surface area contributed by atoms with Gasteiger partial charge in [-0.25, -0.2) is 0 Å². The largest absolute Gasteiger partial charge is 0.344 e. The number of halogens is 1. The molecule has 3 aromatic rings. The zero-order valence-corrected chi connectivity index (χ0v) is 17.5. The lowest BCUT2D eigenvalue weighted by molar-refractivity contribution is 0.618. The molecule has 5 rings (SSSR count). The maximum Gasteiger partial charge on any atom is 0.0485 e. The maximum atomic E-state index is 3.57. The Kier molecular flexibility index (Phi) is 6.08. The van der Waals surface area contributed by atoms with Gasteiger partial charge in [-0.2, -0.15) is 0 Å². The van der Waals surface area contributed by atoms with Gasteiger partial charge in [0.2, 0.25) is 0 Å². The first kappa shape index (κ1) is 19.5. The van der Waals surface area contributed by atoms with E-state index in [1.54, 1.807) is 27.9 Å². The van der Waals surface area contributed by atoms with Crippen molar-refractivity contribution in [2.24, 2.45) is 0 Å². The van der Waals surface area contributed by atoms with Gasteiger partial charge in [-0.3, -0.25) is 0 Å². The van der Waals surface area contributed by atoms with E-state index in [-0.39, 0.29) is 12.4 Å². The summed E-state index contributed by atoms with van der Waals surface area (Å²) in [5, 5.41) is 5.05. The lowest BCUT2D eigenvalue weighted by atomic mass is 9.87. The van der Waals surface area contributed by atoms with Gasteiger partial charge in [0.05, 0.1) is 0 Å². The number of rotatable bonds is 4. The lowest BCUT2D eigenvalue weighted by Gasteiger charge is -2.19. The van der Waals surface area contributed by atoms with Crippen LogP contribution in [0.25, 0.3) is 10.9 Å². The third kappa shape index (κ3) is 3.60. The van der Waals surface area contributed by atoms with E-state index in [0.717, 1.165) is 32.5 Å². The van der Waals surface area contributed by atoms with Crippen molar-refractivity contribution in [3.05, 3.63) is 70.4 Å². The van der Waals surface area contributed by atoms with Crippen molar-refractivity contribution in [2.75, 3.05) is 13.1 Å². The van der Waals surface area contributed by atoms with Crippen molar-refractivity contribution < 1.29 is 0 Å². The molecule has 0 spiro atoms. The summed E-state index contributed by atoms with van der Waals surface area (Å²) in [6, 6.07) is 16.0. The van der Waals surface area contributed by atoms with Crippen LogP contribution in [-0.4, -0.2) is 17.7 Å². The Balaban J connectivity index is 0.00000192. The van der Waals surface area contributed by atoms with Crippen molar-refractivity contribution >= 4 is 23.3 Å². The molecule has 0 radical (unpaired) electrons. The highest BCUT2D eigenvalue weighted by atomic mass is 35.5. The standard InChI is InChI=1S/C25H30N2.ClH/c1-2-11-21-19(7-1)8-5-9-20(21)10-6-18-27-24-13-4-3-12-22(24)23-14-16-26-17-15-25(23)27;/h3-5,8-9,12-13,26H,1-2,6-7,10-11,14-18H2;1H. The van der Waals surface area contributed by atoms with Gasteiger partial charge in [0.1, 0.15) is 0 Å². The molecule has 1 aromatic heterocycles. The first-order chi connectivity index (χ1) is 13.4. The third-order valence-corrected chi connectivity index (χ3v) is 6.61. The minimum atomic E-state index is 0. The van der Waals surface area contributed by atoms with Gasteiger partial charge in [-0.05, 0) is 79.8 Å². The van der Waals surface area contributed by atoms with Gasteiger partial charge in [0, 0.05) is 36.1 Å². The molecular formula is C25H31ClN2. The molecule has 28 heavy (non-hydrogen) atoms. The Morgan fingerprint density at radius 2 is 1.68 bits per heavy atom. The van der Waals surface area contributed by atoms with E-state index in [1.807, 2.05) is 0 Å². The van der Waals surface area contributed by atoms with Crippen LogP contribution in [0.15, 0.2) is 42.5 Å². The Hall–Kier alpha value is -1.77. The SMILES string of the molecule is Cl.c1cc2c(c(CCCn3c4c(c5ccccc53)CCNCC4)c1)CCCC2. The fourth-order valence-electron chi connectivity index (χ4n) is 5.32. The Bertz CT molecular complexity index is 957. The minimum Gasteiger partial charge on any atom is -0.344 e. The number of aromatic nitrogens is 1. The number of hydrogen-bond acceptors (Lipinski definition) is 1. The normalized spacial score (nSPS) is 16.1. The molecule has 0 fully saturated rings. The number of nitrogens with zero attached hydrogens (tertiary/aromatic N) is 1. The predicted molar refractivity (Wildman–Crippen MR) is 121 cm³/mol. The summed E-state index contributed by atoms with van der Waals surface area (Å²) in [7, 11) is 0. The highest BCUT2D eigenvalue weighted by molar-refractivity contribution is 5.86. The van der Waals surface area contributed by atoms with Crippen LogP contribution in [0.1, 0.15) is 47.2 Å². The number of nitrogens with one attached hydrogen (secondary N) is 1. The summed E-state index contributed by atoms with van der Waals surface area (Å²) in [5.41, 5.74) is 9.51. The van der Waals surface area contributed by atoms with E-state index in [0.29, 0.717) is 0 Å². The van der Waals surface area contributed by atoms with E-state index in [9.17, 15) is 0 Å². The topological polar surface area (TPSA) is 17.0 Å². The van der Waals surface area contributed by atoms with Crippen LogP contribution in [0.3, 0.4) is 0 Å². The van der Waals surface area contributed by atoms with E-state index in [4.69, 9.17) is 0 Å². The monoisotopic (exact) mass is 394 g/mol. The zero-order valence-electron chi connectivity index (χ0n) is 16.7. The molecule has 148 valence electrons. The van der Waals surface area contributed by atoms with Crippen LogP contribution < -0.4 is 5.32 Å². The number of benzene rings is 2. The van der Waals surface area contributed by atoms with Crippen LogP contribution in [0, 0.1) is 0 Å². The highest BCUT2D eigenvalue weighted by Crippen LogP contribution is 2.29. The van der Waals surface area contributed by atoms with Crippen LogP contribution in [0.2, 0.25) is 0 Å². The average Bonchev–Trinajstić information content (AvgIpc) is 2.85. The summed E-state index contributed by atoms with van der Waals surface area (Å²) >= 11 is 0. The number of para-hydroxylation sites is 1. The fraction of sp³-hybridized carbons (Fsp3) is 0.440. The summed E-state index contributed by atoms with van der Waals surface area (Å²) in [6.45, 7) is 3.35. The van der Waals surface area contributed by atoms with Crippen LogP contribution >= 0.6 is 12.4 Å². The molecule has 2 heterocycles. The van der Waals surface area contributed by atoms with Gasteiger partial charge < -0.3 is 9.88 Å². The summed E-state index contributed by atoms with van der Waals surface area (Å²) < 4.78 is 2.63. The zero-order chi connectivity index (χ0) is 18.1. The molecule has 0 bridgehead atoms. The molecule has 0 saturated carbocycles. The third-order valence-electron chi connectivity index (χ3n) is 6.61. The van der Waals surface area contributed by atoms with E-state index < -0.39 is 0 Å². The molecule has 0 amide bonds. The van der Waals surface area contributed by atoms with Gasteiger partial charge in [-0.1, -0.05) is 36.4 Å². The van der Waals surface area contributed by atoms with Crippen molar-refractivity contribution in [1.29, 1.82) is 0 Å². The van der Waals surface area contributed by atoms with Crippen molar-refractivity contribution in [3.63, 3.8) is 0 Å². The number of hydrogen-bond donors (Lipinski definition) is 1. The first-order valence-electron chi connectivity index (χ1n) is 10.8. The molecule has 1 aliphatic heterocycles. The lowest BCUT2D eigenvalue weighted by Crippen LogP contribution is -2.17. The molecule has 0 saturated heterocycles. The second-order valence-corrected chi connectivity index (χ2v) is 8.21. The van der Waals surface area contributed by atoms with E-state index in [2.05, 4.69) is 52.3 Å². The minimum absolute atomic E-state index is 0. The average molecular weight is 395 g/mol. The molecule has 2 aromatic carbocycles. The molecule has 0 unspecified atom stereocenters. The van der Waals surface area contributed by atoms with Crippen molar-refractivity contribution in [3.8, 4) is 0 Å². The summed E-state index contributed by atoms with van der Waals surface area (Å²) in [4.78, 5) is 0. The van der Waals surface area contributed by atoms with Crippen LogP contribution in [-0.2, 0) is 38.6 Å². The van der Waals surface area contributed by atoms with Gasteiger partial charge >= 0.3 is 0 Å². The highest BCUT2D eigenvalue weighted by Gasteiger charge is 2.18. The Morgan fingerprint density at radius 3 is 2.64 bits per heavy atom. The number of fused-ring (bicyclic) bond motifs is 4. The summed E-state index contributed by atoms with van der Waals surface area (Å²) in [6.07, 6.45) is 10.1. The predicted octanol–water partition coefficient (Wildman–Crippen LogP) is 5.26. The smallest absolute Gasteiger partial charge is 0.0485 e. The van der Waals surface area contributed by atoms with Crippen molar-refractivity contribution in [1.82, 2.24) is 9.88 Å². The van der Waals surface area contributed by atoms with Gasteiger partial charge in [-0.15, -0.1) is 12.4 Å².